The SMILES string of the molecule is CC(C)(C)OC(=O)N1CCC2(CC1)NCc1cccnc12. The zero-order valence-electron chi connectivity index (χ0n) is 13.0. The lowest BCUT2D eigenvalue weighted by Crippen LogP contribution is -2.50. The lowest BCUT2D eigenvalue weighted by Gasteiger charge is -2.39. The summed E-state index contributed by atoms with van der Waals surface area (Å²) in [5.74, 6) is 0. The average molecular weight is 289 g/mol. The second kappa shape index (κ2) is 4.98. The number of fused-ring (bicyclic) bond motifs is 2. The summed E-state index contributed by atoms with van der Waals surface area (Å²) >= 11 is 0. The van der Waals surface area contributed by atoms with Crippen LogP contribution in [0, 0.1) is 0 Å². The molecule has 1 saturated heterocycles. The van der Waals surface area contributed by atoms with E-state index in [1.54, 1.807) is 4.90 Å². The first-order valence-electron chi connectivity index (χ1n) is 7.57. The van der Waals surface area contributed by atoms with Crippen molar-refractivity contribution in [3.05, 3.63) is 29.6 Å². The molecule has 21 heavy (non-hydrogen) atoms. The number of likely N-dealkylation sites (tertiary alicyclic amines) is 1. The highest BCUT2D eigenvalue weighted by Gasteiger charge is 2.43. The summed E-state index contributed by atoms with van der Waals surface area (Å²) in [5, 5.41) is 3.60. The second-order valence-electron chi connectivity index (χ2n) is 6.91. The molecule has 2 aliphatic heterocycles. The van der Waals surface area contributed by atoms with Crippen LogP contribution < -0.4 is 5.32 Å². The molecule has 1 fully saturated rings. The van der Waals surface area contributed by atoms with Crippen molar-refractivity contribution in [2.24, 2.45) is 0 Å². The van der Waals surface area contributed by atoms with Crippen LogP contribution in [0.3, 0.4) is 0 Å². The highest BCUT2D eigenvalue weighted by Crippen LogP contribution is 2.38. The number of carbonyl (C=O) groups excluding carboxylic acids is 1. The van der Waals surface area contributed by atoms with Crippen LogP contribution in [0.25, 0.3) is 0 Å². The number of carbonyl (C=O) groups is 1. The number of hydrogen-bond donors (Lipinski definition) is 1. The molecule has 2 aliphatic rings. The predicted octanol–water partition coefficient (Wildman–Crippen LogP) is 2.41. The Morgan fingerprint density at radius 1 is 1.38 bits per heavy atom. The third-order valence-corrected chi connectivity index (χ3v) is 4.23. The smallest absolute Gasteiger partial charge is 0.410 e. The minimum atomic E-state index is -0.439. The topological polar surface area (TPSA) is 54.5 Å². The zero-order valence-corrected chi connectivity index (χ0v) is 13.0. The molecule has 1 aromatic rings. The maximum absolute atomic E-state index is 12.1. The minimum Gasteiger partial charge on any atom is -0.444 e. The van der Waals surface area contributed by atoms with Gasteiger partial charge in [-0.3, -0.25) is 4.98 Å². The highest BCUT2D eigenvalue weighted by molar-refractivity contribution is 5.68. The summed E-state index contributed by atoms with van der Waals surface area (Å²) in [6, 6.07) is 4.11. The van der Waals surface area contributed by atoms with E-state index in [1.807, 2.05) is 33.0 Å². The summed E-state index contributed by atoms with van der Waals surface area (Å²) in [6.45, 7) is 7.98. The summed E-state index contributed by atoms with van der Waals surface area (Å²) < 4.78 is 5.45. The number of ether oxygens (including phenoxy) is 1. The van der Waals surface area contributed by atoms with Crippen molar-refractivity contribution >= 4 is 6.09 Å². The van der Waals surface area contributed by atoms with Crippen LogP contribution in [0.5, 0.6) is 0 Å². The first kappa shape index (κ1) is 14.3. The fourth-order valence-electron chi connectivity index (χ4n) is 3.17. The molecule has 5 nitrogen and oxygen atoms in total. The van der Waals surface area contributed by atoms with Gasteiger partial charge in [-0.1, -0.05) is 6.07 Å². The van der Waals surface area contributed by atoms with E-state index in [2.05, 4.69) is 16.4 Å². The van der Waals surface area contributed by atoms with Crippen LogP contribution in [0.2, 0.25) is 0 Å². The number of rotatable bonds is 0. The Hall–Kier alpha value is -1.62. The molecule has 1 spiro atoms. The molecule has 3 heterocycles. The number of nitrogens with one attached hydrogen (secondary N) is 1. The van der Waals surface area contributed by atoms with Gasteiger partial charge in [0, 0.05) is 25.8 Å². The van der Waals surface area contributed by atoms with E-state index in [0.717, 1.165) is 25.1 Å². The van der Waals surface area contributed by atoms with E-state index < -0.39 is 5.60 Å². The van der Waals surface area contributed by atoms with Crippen molar-refractivity contribution in [2.45, 2.75) is 51.3 Å². The molecule has 0 radical (unpaired) electrons. The van der Waals surface area contributed by atoms with Gasteiger partial charge in [0.2, 0.25) is 0 Å². The van der Waals surface area contributed by atoms with E-state index in [9.17, 15) is 4.79 Å². The van der Waals surface area contributed by atoms with Crippen LogP contribution in [-0.2, 0) is 16.8 Å². The summed E-state index contributed by atoms with van der Waals surface area (Å²) in [4.78, 5) is 18.5. The first-order valence-corrected chi connectivity index (χ1v) is 7.57. The van der Waals surface area contributed by atoms with Crippen LogP contribution >= 0.6 is 0 Å². The second-order valence-corrected chi connectivity index (χ2v) is 6.91. The fraction of sp³-hybridized carbons (Fsp3) is 0.625. The molecule has 0 unspecified atom stereocenters. The van der Waals surface area contributed by atoms with Gasteiger partial charge in [0.25, 0.3) is 0 Å². The Morgan fingerprint density at radius 3 is 2.76 bits per heavy atom. The highest BCUT2D eigenvalue weighted by atomic mass is 16.6. The van der Waals surface area contributed by atoms with Gasteiger partial charge in [-0.15, -0.1) is 0 Å². The van der Waals surface area contributed by atoms with E-state index in [4.69, 9.17) is 4.74 Å². The number of aromatic nitrogens is 1. The van der Waals surface area contributed by atoms with Crippen LogP contribution in [-0.4, -0.2) is 34.7 Å². The van der Waals surface area contributed by atoms with Gasteiger partial charge in [-0.05, 0) is 45.2 Å². The zero-order chi connectivity index (χ0) is 15.1. The number of amides is 1. The third kappa shape index (κ3) is 2.75. The summed E-state index contributed by atoms with van der Waals surface area (Å²) in [5.41, 5.74) is 1.94. The van der Waals surface area contributed by atoms with Gasteiger partial charge in [0.05, 0.1) is 11.2 Å². The van der Waals surface area contributed by atoms with Gasteiger partial charge in [-0.25, -0.2) is 4.79 Å². The molecule has 1 aromatic heterocycles. The molecule has 0 atom stereocenters. The maximum atomic E-state index is 12.1. The quantitative estimate of drug-likeness (QED) is 0.797. The van der Waals surface area contributed by atoms with E-state index >= 15 is 0 Å². The lowest BCUT2D eigenvalue weighted by atomic mass is 9.85. The predicted molar refractivity (Wildman–Crippen MR) is 79.8 cm³/mol. The molecule has 0 saturated carbocycles. The monoisotopic (exact) mass is 289 g/mol. The summed E-state index contributed by atoms with van der Waals surface area (Å²) in [6.07, 6.45) is 3.41. The molecule has 5 heteroatoms. The number of piperidine rings is 1. The Morgan fingerprint density at radius 2 is 2.10 bits per heavy atom. The molecule has 114 valence electrons. The van der Waals surface area contributed by atoms with Crippen molar-refractivity contribution in [3.8, 4) is 0 Å². The molecule has 1 amide bonds. The standard InChI is InChI=1S/C16H23N3O2/c1-15(2,3)21-14(20)19-9-6-16(7-10-19)13-12(11-18-16)5-4-8-17-13/h4-5,8,18H,6-7,9-11H2,1-3H3. The van der Waals surface area contributed by atoms with E-state index in [1.165, 1.54) is 5.56 Å². The molecular weight excluding hydrogens is 266 g/mol. The van der Waals surface area contributed by atoms with Gasteiger partial charge in [0.15, 0.2) is 0 Å². The molecule has 0 aromatic carbocycles. The van der Waals surface area contributed by atoms with Gasteiger partial charge in [0.1, 0.15) is 5.60 Å². The number of pyridine rings is 1. The Bertz CT molecular complexity index is 543. The normalized spacial score (nSPS) is 20.4. The molecule has 0 aliphatic carbocycles. The number of hydrogen-bond acceptors (Lipinski definition) is 4. The van der Waals surface area contributed by atoms with Gasteiger partial charge in [-0.2, -0.15) is 0 Å². The Kier molecular flexibility index (Phi) is 3.40. The van der Waals surface area contributed by atoms with Crippen molar-refractivity contribution in [1.82, 2.24) is 15.2 Å². The van der Waals surface area contributed by atoms with Gasteiger partial charge < -0.3 is 15.0 Å². The molecule has 1 N–H and O–H groups in total. The first-order chi connectivity index (χ1) is 9.90. The van der Waals surface area contributed by atoms with E-state index in [0.29, 0.717) is 13.1 Å². The maximum Gasteiger partial charge on any atom is 0.410 e. The largest absolute Gasteiger partial charge is 0.444 e. The van der Waals surface area contributed by atoms with E-state index in [-0.39, 0.29) is 11.6 Å². The lowest BCUT2D eigenvalue weighted by molar-refractivity contribution is 0.0147. The van der Waals surface area contributed by atoms with Crippen molar-refractivity contribution < 1.29 is 9.53 Å². The van der Waals surface area contributed by atoms with Gasteiger partial charge >= 0.3 is 6.09 Å². The third-order valence-electron chi connectivity index (χ3n) is 4.23. The van der Waals surface area contributed by atoms with Crippen LogP contribution in [0.1, 0.15) is 44.9 Å². The molecular formula is C16H23N3O2. The fourth-order valence-corrected chi connectivity index (χ4v) is 3.17. The van der Waals surface area contributed by atoms with Crippen molar-refractivity contribution in [2.75, 3.05) is 13.1 Å². The van der Waals surface area contributed by atoms with Crippen molar-refractivity contribution in [1.29, 1.82) is 0 Å². The number of nitrogens with zero attached hydrogens (tertiary/aromatic N) is 2. The minimum absolute atomic E-state index is 0.0604. The molecule has 0 bridgehead atoms. The molecule has 3 rings (SSSR count). The Labute approximate surface area is 125 Å². The average Bonchev–Trinajstić information content (AvgIpc) is 2.77. The van der Waals surface area contributed by atoms with Crippen LogP contribution in [0.4, 0.5) is 4.79 Å². The van der Waals surface area contributed by atoms with Crippen molar-refractivity contribution in [3.63, 3.8) is 0 Å². The summed E-state index contributed by atoms with van der Waals surface area (Å²) in [7, 11) is 0. The van der Waals surface area contributed by atoms with Crippen LogP contribution in [0.15, 0.2) is 18.3 Å². The Balaban J connectivity index is 1.68.